The molecule has 0 fully saturated rings. The van der Waals surface area contributed by atoms with Crippen molar-refractivity contribution in [3.8, 4) is 11.1 Å². The monoisotopic (exact) mass is 880 g/mol. The maximum absolute atomic E-state index is 2.44. The van der Waals surface area contributed by atoms with Gasteiger partial charge in [-0.2, -0.15) is 0 Å². The largest absolute Gasteiger partial charge is 0.310 e. The third kappa shape index (κ3) is 7.60. The van der Waals surface area contributed by atoms with Crippen LogP contribution in [0, 0.1) is 0 Å². The van der Waals surface area contributed by atoms with Crippen LogP contribution in [0.4, 0.5) is 34.1 Å². The van der Waals surface area contributed by atoms with Crippen molar-refractivity contribution in [3.63, 3.8) is 0 Å². The molecule has 0 radical (unpaired) electrons. The van der Waals surface area contributed by atoms with Gasteiger partial charge in [-0.1, -0.05) is 152 Å². The Kier molecular flexibility index (Phi) is 10.4. The Morgan fingerprint density at radius 2 is 0.727 bits per heavy atom. The van der Waals surface area contributed by atoms with E-state index in [1.54, 1.807) is 0 Å². The first kappa shape index (κ1) is 39.8. The molecule has 0 saturated carbocycles. The van der Waals surface area contributed by atoms with E-state index in [9.17, 15) is 0 Å². The summed E-state index contributed by atoms with van der Waals surface area (Å²) in [7, 11) is 0. The predicted octanol–water partition coefficient (Wildman–Crippen LogP) is 18.4. The molecule has 0 saturated heterocycles. The molecule has 0 amide bonds. The zero-order valence-electron chi connectivity index (χ0n) is 36.2. The summed E-state index contributed by atoms with van der Waals surface area (Å²) in [5.74, 6) is 0.276. The van der Waals surface area contributed by atoms with Crippen LogP contribution in [0.5, 0.6) is 0 Å². The van der Waals surface area contributed by atoms with Gasteiger partial charge < -0.3 is 9.80 Å². The zero-order valence-corrected chi connectivity index (χ0v) is 37.8. The summed E-state index contributed by atoms with van der Waals surface area (Å²) < 4.78 is 5.17. The normalized spacial score (nSPS) is 11.9. The quantitative estimate of drug-likeness (QED) is 0.128. The molecular weight excluding hydrogens is 837 g/mol. The van der Waals surface area contributed by atoms with Crippen molar-refractivity contribution < 1.29 is 0 Å². The lowest BCUT2D eigenvalue weighted by Crippen LogP contribution is -2.09. The van der Waals surface area contributed by atoms with Crippen LogP contribution in [-0.2, 0) is 6.42 Å². The fourth-order valence-corrected chi connectivity index (χ4v) is 11.9. The van der Waals surface area contributed by atoms with Gasteiger partial charge in [0, 0.05) is 80.4 Å². The first-order chi connectivity index (χ1) is 32.7. The van der Waals surface area contributed by atoms with Crippen molar-refractivity contribution in [2.45, 2.75) is 12.3 Å². The van der Waals surface area contributed by atoms with Crippen LogP contribution in [0.1, 0.15) is 22.6 Å². The molecule has 12 rings (SSSR count). The topological polar surface area (TPSA) is 6.48 Å². The Labute approximate surface area is 393 Å². The van der Waals surface area contributed by atoms with Gasteiger partial charge in [0.15, 0.2) is 0 Å². The van der Waals surface area contributed by atoms with E-state index in [4.69, 9.17) is 0 Å². The molecule has 4 heteroatoms. The van der Waals surface area contributed by atoms with Crippen molar-refractivity contribution in [2.24, 2.45) is 0 Å². The molecule has 2 heterocycles. The van der Waals surface area contributed by atoms with Crippen LogP contribution < -0.4 is 9.80 Å². The van der Waals surface area contributed by atoms with Crippen LogP contribution in [0.25, 0.3) is 51.5 Å². The minimum Gasteiger partial charge on any atom is -0.310 e. The van der Waals surface area contributed by atoms with Gasteiger partial charge in [-0.05, 0) is 131 Å². The summed E-state index contributed by atoms with van der Waals surface area (Å²) >= 11 is 3.74. The molecular formula is C62H44N2S2. The highest BCUT2D eigenvalue weighted by Crippen LogP contribution is 2.45. The Morgan fingerprint density at radius 1 is 0.288 bits per heavy atom. The summed E-state index contributed by atoms with van der Waals surface area (Å²) in [5.41, 5.74) is 13.3. The van der Waals surface area contributed by atoms with E-state index in [2.05, 4.69) is 259 Å². The molecule has 12 aromatic rings. The highest BCUT2D eigenvalue weighted by atomic mass is 32.1. The lowest BCUT2D eigenvalue weighted by Gasteiger charge is -2.26. The minimum absolute atomic E-state index is 0.276. The van der Waals surface area contributed by atoms with Crippen LogP contribution in [0.15, 0.2) is 249 Å². The summed E-state index contributed by atoms with van der Waals surface area (Å²) in [6.07, 6.45) is 0.963. The van der Waals surface area contributed by atoms with E-state index in [0.717, 1.165) is 40.5 Å². The van der Waals surface area contributed by atoms with Gasteiger partial charge >= 0.3 is 0 Å². The van der Waals surface area contributed by atoms with Gasteiger partial charge in [0.1, 0.15) is 0 Å². The fraction of sp³-hybridized carbons (Fsp3) is 0.0323. The van der Waals surface area contributed by atoms with Crippen LogP contribution in [-0.4, -0.2) is 0 Å². The number of fused-ring (bicyclic) bond motifs is 6. The molecule has 2 aromatic heterocycles. The Balaban J connectivity index is 0.865. The first-order valence-electron chi connectivity index (χ1n) is 22.6. The molecule has 0 aliphatic carbocycles. The molecule has 10 aromatic carbocycles. The Bertz CT molecular complexity index is 3560. The van der Waals surface area contributed by atoms with E-state index in [1.165, 1.54) is 68.2 Å². The van der Waals surface area contributed by atoms with Gasteiger partial charge in [0.05, 0.1) is 0 Å². The zero-order chi connectivity index (χ0) is 43.8. The molecule has 0 aliphatic rings. The molecule has 0 N–H and O–H groups in total. The molecule has 314 valence electrons. The van der Waals surface area contributed by atoms with E-state index >= 15 is 0 Å². The SMILES string of the molecule is c1ccc(CC(c2ccccc2)c2ccc3sc4cc(-c5ccc(N(c6ccccc6)c6ccc7c(c6)sc6ccc(N(c8ccccc8)c8ccccc8)cc67)cc5)ccc4c3c2)cc1. The van der Waals surface area contributed by atoms with Gasteiger partial charge in [-0.25, -0.2) is 0 Å². The molecule has 0 aliphatic heterocycles. The molecule has 1 atom stereocenters. The van der Waals surface area contributed by atoms with Crippen molar-refractivity contribution >= 4 is 97.1 Å². The summed E-state index contributed by atoms with van der Waals surface area (Å²) in [5, 5.41) is 5.18. The van der Waals surface area contributed by atoms with Crippen molar-refractivity contribution in [2.75, 3.05) is 9.80 Å². The number of thiophene rings is 2. The van der Waals surface area contributed by atoms with Gasteiger partial charge in [-0.3, -0.25) is 0 Å². The van der Waals surface area contributed by atoms with Crippen molar-refractivity contribution in [1.29, 1.82) is 0 Å². The van der Waals surface area contributed by atoms with Crippen LogP contribution >= 0.6 is 22.7 Å². The number of hydrogen-bond donors (Lipinski definition) is 0. The predicted molar refractivity (Wildman–Crippen MR) is 285 cm³/mol. The maximum atomic E-state index is 2.44. The summed E-state index contributed by atoms with van der Waals surface area (Å²) in [4.78, 5) is 4.71. The Morgan fingerprint density at radius 3 is 1.33 bits per heavy atom. The lowest BCUT2D eigenvalue weighted by atomic mass is 9.85. The van der Waals surface area contributed by atoms with E-state index in [1.807, 2.05) is 22.7 Å². The minimum atomic E-state index is 0.276. The fourth-order valence-electron chi connectivity index (χ4n) is 9.62. The smallest absolute Gasteiger partial charge is 0.0476 e. The molecule has 1 unspecified atom stereocenters. The van der Waals surface area contributed by atoms with E-state index < -0.39 is 0 Å². The second-order valence-corrected chi connectivity index (χ2v) is 19.1. The van der Waals surface area contributed by atoms with Gasteiger partial charge in [0.25, 0.3) is 0 Å². The van der Waals surface area contributed by atoms with E-state index in [-0.39, 0.29) is 5.92 Å². The third-order valence-corrected chi connectivity index (χ3v) is 15.1. The number of rotatable bonds is 11. The second kappa shape index (κ2) is 17.3. The number of para-hydroxylation sites is 3. The number of benzene rings is 10. The lowest BCUT2D eigenvalue weighted by molar-refractivity contribution is 0.806. The number of nitrogens with zero attached hydrogens (tertiary/aromatic N) is 2. The molecule has 0 spiro atoms. The third-order valence-electron chi connectivity index (χ3n) is 12.8. The van der Waals surface area contributed by atoms with Crippen LogP contribution in [0.2, 0.25) is 0 Å². The molecule has 66 heavy (non-hydrogen) atoms. The summed E-state index contributed by atoms with van der Waals surface area (Å²) in [6.45, 7) is 0. The average Bonchev–Trinajstić information content (AvgIpc) is 3.94. The van der Waals surface area contributed by atoms with Crippen molar-refractivity contribution in [1.82, 2.24) is 0 Å². The average molecular weight is 881 g/mol. The highest BCUT2D eigenvalue weighted by molar-refractivity contribution is 7.26. The Hall–Kier alpha value is -7.76. The number of hydrogen-bond acceptors (Lipinski definition) is 4. The van der Waals surface area contributed by atoms with E-state index in [0.29, 0.717) is 0 Å². The summed E-state index contributed by atoms with van der Waals surface area (Å²) in [6, 6.07) is 90.9. The van der Waals surface area contributed by atoms with Crippen LogP contribution in [0.3, 0.4) is 0 Å². The maximum Gasteiger partial charge on any atom is 0.0476 e. The first-order valence-corrected chi connectivity index (χ1v) is 24.2. The van der Waals surface area contributed by atoms with Gasteiger partial charge in [0.2, 0.25) is 0 Å². The molecule has 0 bridgehead atoms. The standard InChI is InChI=1S/C62H44N2S2/c1-6-16-43(17-7-1)38-56(45-18-8-2-9-19-45)47-29-36-59-57(39-47)54-34-28-46(40-61(54)65-59)44-26-30-51(31-27-44)64(50-24-14-5-15-25-50)53-32-35-55-58-41-52(33-37-60(58)66-62(55)42-53)63(48-20-10-3-11-21-48)49-22-12-4-13-23-49/h1-37,39-42,56H,38H2. The number of anilines is 6. The van der Waals surface area contributed by atoms with Crippen molar-refractivity contribution in [3.05, 3.63) is 265 Å². The highest BCUT2D eigenvalue weighted by Gasteiger charge is 2.20. The second-order valence-electron chi connectivity index (χ2n) is 16.9. The molecule has 2 nitrogen and oxygen atoms in total. The van der Waals surface area contributed by atoms with Gasteiger partial charge in [-0.15, -0.1) is 22.7 Å².